The molecule has 0 heterocycles. The molecule has 0 radical (unpaired) electrons. The lowest BCUT2D eigenvalue weighted by Gasteiger charge is -2.18. The van der Waals surface area contributed by atoms with Crippen LogP contribution in [0.3, 0.4) is 0 Å². The monoisotopic (exact) mass is 132 g/mol. The lowest BCUT2D eigenvalue weighted by atomic mass is 9.87. The Balaban J connectivity index is 0.000000605. The zero-order valence-corrected chi connectivity index (χ0v) is 5.93. The van der Waals surface area contributed by atoms with Gasteiger partial charge in [0.1, 0.15) is 0 Å². The first-order valence-electron chi connectivity index (χ1n) is 3.64. The van der Waals surface area contributed by atoms with Crippen molar-refractivity contribution in [2.24, 2.45) is 0 Å². The van der Waals surface area contributed by atoms with Gasteiger partial charge in [0, 0.05) is 1.43 Å². The molecule has 1 aliphatic rings. The number of rotatable bonds is 1. The normalized spacial score (nSPS) is 13.6. The first kappa shape index (κ1) is 5.72. The van der Waals surface area contributed by atoms with Gasteiger partial charge in [-0.25, -0.2) is 0 Å². The van der Waals surface area contributed by atoms with Crippen LogP contribution in [0.5, 0.6) is 0 Å². The highest BCUT2D eigenvalue weighted by molar-refractivity contribution is 5.51. The molecule has 0 amide bonds. The van der Waals surface area contributed by atoms with E-state index >= 15 is 0 Å². The van der Waals surface area contributed by atoms with Crippen LogP contribution in [0, 0.1) is 0 Å². The van der Waals surface area contributed by atoms with Crippen molar-refractivity contribution < 1.29 is 1.43 Å². The van der Waals surface area contributed by atoms with Crippen molar-refractivity contribution in [1.29, 1.82) is 0 Å². The van der Waals surface area contributed by atoms with E-state index < -0.39 is 0 Å². The third-order valence-electron chi connectivity index (χ3n) is 2.13. The molecule has 1 aromatic carbocycles. The predicted molar refractivity (Wildman–Crippen MR) is 46.1 cm³/mol. The highest BCUT2D eigenvalue weighted by Crippen LogP contribution is 2.23. The molecule has 0 spiro atoms. The minimum atomic E-state index is 0. The molecule has 0 nitrogen and oxygen atoms in total. The van der Waals surface area contributed by atoms with Gasteiger partial charge in [-0.05, 0) is 29.5 Å². The average Bonchev–Trinajstić information content (AvgIpc) is 1.92. The third kappa shape index (κ3) is 0.688. The van der Waals surface area contributed by atoms with E-state index in [9.17, 15) is 0 Å². The Labute approximate surface area is 62.7 Å². The molecule has 0 saturated heterocycles. The second-order valence-corrected chi connectivity index (χ2v) is 2.73. The Hall–Kier alpha value is -1.04. The van der Waals surface area contributed by atoms with Crippen LogP contribution in [-0.2, 0) is 12.8 Å². The van der Waals surface area contributed by atoms with Gasteiger partial charge in [-0.15, -0.1) is 0 Å². The van der Waals surface area contributed by atoms with Crippen molar-refractivity contribution in [2.45, 2.75) is 12.8 Å². The quantitative estimate of drug-likeness (QED) is 0.551. The summed E-state index contributed by atoms with van der Waals surface area (Å²) < 4.78 is 0. The fourth-order valence-corrected chi connectivity index (χ4v) is 1.34. The van der Waals surface area contributed by atoms with Crippen LogP contribution in [0.2, 0.25) is 0 Å². The Morgan fingerprint density at radius 3 is 2.60 bits per heavy atom. The van der Waals surface area contributed by atoms with Crippen LogP contribution in [0.25, 0.3) is 6.08 Å². The number of aryl methyl sites for hydroxylation is 2. The zero-order chi connectivity index (χ0) is 6.97. The molecule has 1 aliphatic carbocycles. The average molecular weight is 132 g/mol. The molecular formula is C10H12. The van der Waals surface area contributed by atoms with E-state index in [2.05, 4.69) is 24.8 Å². The van der Waals surface area contributed by atoms with E-state index in [1.165, 1.54) is 29.5 Å². The molecule has 0 aromatic heterocycles. The summed E-state index contributed by atoms with van der Waals surface area (Å²) in [6.45, 7) is 3.73. The van der Waals surface area contributed by atoms with Crippen LogP contribution in [-0.4, -0.2) is 0 Å². The molecule has 0 unspecified atom stereocenters. The number of hydrogen-bond acceptors (Lipinski definition) is 0. The largest absolute Gasteiger partial charge is 0.0985 e. The van der Waals surface area contributed by atoms with Crippen LogP contribution in [0.1, 0.15) is 18.1 Å². The summed E-state index contributed by atoms with van der Waals surface area (Å²) in [5.41, 5.74) is 4.28. The fraction of sp³-hybridized carbons (Fsp3) is 0.200. The minimum Gasteiger partial charge on any atom is -0.0985 e. The number of benzene rings is 1. The van der Waals surface area contributed by atoms with E-state index in [1.807, 2.05) is 6.08 Å². The smallest absolute Gasteiger partial charge is 0 e. The summed E-state index contributed by atoms with van der Waals surface area (Å²) in [5, 5.41) is 0. The fourth-order valence-electron chi connectivity index (χ4n) is 1.34. The Bertz CT molecular complexity index is 276. The summed E-state index contributed by atoms with van der Waals surface area (Å²) in [6.07, 6.45) is 4.43. The van der Waals surface area contributed by atoms with Crippen LogP contribution >= 0.6 is 0 Å². The van der Waals surface area contributed by atoms with Gasteiger partial charge in [-0.2, -0.15) is 0 Å². The summed E-state index contributed by atoms with van der Waals surface area (Å²) in [6, 6.07) is 6.56. The van der Waals surface area contributed by atoms with E-state index in [0.717, 1.165) is 0 Å². The molecule has 0 bridgehead atoms. The second-order valence-electron chi connectivity index (χ2n) is 2.73. The lowest BCUT2D eigenvalue weighted by Crippen LogP contribution is -2.07. The zero-order valence-electron chi connectivity index (χ0n) is 5.93. The molecule has 0 heteroatoms. The molecular weight excluding hydrogens is 120 g/mol. The highest BCUT2D eigenvalue weighted by Gasteiger charge is 2.11. The topological polar surface area (TPSA) is 0 Å². The summed E-state index contributed by atoms with van der Waals surface area (Å²) in [4.78, 5) is 0. The predicted octanol–water partition coefficient (Wildman–Crippen LogP) is 2.67. The molecule has 0 saturated carbocycles. The lowest BCUT2D eigenvalue weighted by molar-refractivity contribution is 0.839. The highest BCUT2D eigenvalue weighted by atomic mass is 14.2. The minimum absolute atomic E-state index is 0. The maximum absolute atomic E-state index is 3.73. The van der Waals surface area contributed by atoms with Crippen molar-refractivity contribution in [2.75, 3.05) is 0 Å². The molecule has 0 aliphatic heterocycles. The van der Waals surface area contributed by atoms with Gasteiger partial charge < -0.3 is 0 Å². The standard InChI is InChI=1S/C10H10.H2/c1-2-8-3-4-9-5-6-10(9)7-8;/h2-4,7H,1,5-6H2;1H. The van der Waals surface area contributed by atoms with Gasteiger partial charge in [-0.3, -0.25) is 0 Å². The first-order valence-corrected chi connectivity index (χ1v) is 3.64. The van der Waals surface area contributed by atoms with Crippen LogP contribution in [0.4, 0.5) is 0 Å². The molecule has 1 aromatic rings. The molecule has 0 fully saturated rings. The van der Waals surface area contributed by atoms with Gasteiger partial charge in [0.2, 0.25) is 0 Å². The molecule has 0 N–H and O–H groups in total. The van der Waals surface area contributed by atoms with E-state index in [4.69, 9.17) is 0 Å². The summed E-state index contributed by atoms with van der Waals surface area (Å²) in [7, 11) is 0. The van der Waals surface area contributed by atoms with Gasteiger partial charge in [0.15, 0.2) is 0 Å². The van der Waals surface area contributed by atoms with Gasteiger partial charge in [0.25, 0.3) is 0 Å². The molecule has 2 rings (SSSR count). The van der Waals surface area contributed by atoms with Gasteiger partial charge in [-0.1, -0.05) is 30.9 Å². The number of fused-ring (bicyclic) bond motifs is 1. The Kier molecular flexibility index (Phi) is 1.13. The van der Waals surface area contributed by atoms with E-state index in [-0.39, 0.29) is 1.43 Å². The first-order chi connectivity index (χ1) is 4.90. The molecule has 0 atom stereocenters. The summed E-state index contributed by atoms with van der Waals surface area (Å²) in [5.74, 6) is 0. The van der Waals surface area contributed by atoms with Crippen molar-refractivity contribution >= 4 is 6.08 Å². The second kappa shape index (κ2) is 1.98. The molecule has 10 heavy (non-hydrogen) atoms. The van der Waals surface area contributed by atoms with Gasteiger partial charge in [0.05, 0.1) is 0 Å². The SMILES string of the molecule is C=Cc1ccc2c(c1)CC2.[HH]. The van der Waals surface area contributed by atoms with Crippen molar-refractivity contribution in [3.63, 3.8) is 0 Å². The van der Waals surface area contributed by atoms with E-state index in [1.54, 1.807) is 0 Å². The number of hydrogen-bond donors (Lipinski definition) is 0. The summed E-state index contributed by atoms with van der Waals surface area (Å²) >= 11 is 0. The Morgan fingerprint density at radius 2 is 2.10 bits per heavy atom. The third-order valence-corrected chi connectivity index (χ3v) is 2.13. The van der Waals surface area contributed by atoms with Crippen molar-refractivity contribution in [3.05, 3.63) is 41.5 Å². The van der Waals surface area contributed by atoms with Crippen LogP contribution in [0.15, 0.2) is 24.8 Å². The Morgan fingerprint density at radius 1 is 1.30 bits per heavy atom. The van der Waals surface area contributed by atoms with Crippen molar-refractivity contribution in [3.8, 4) is 0 Å². The van der Waals surface area contributed by atoms with Crippen molar-refractivity contribution in [1.82, 2.24) is 0 Å². The van der Waals surface area contributed by atoms with Gasteiger partial charge >= 0.3 is 0 Å². The van der Waals surface area contributed by atoms with E-state index in [0.29, 0.717) is 0 Å². The maximum Gasteiger partial charge on any atom is 0 e. The maximum atomic E-state index is 3.73. The van der Waals surface area contributed by atoms with Crippen LogP contribution < -0.4 is 0 Å². The molecule has 52 valence electrons.